The predicted octanol–water partition coefficient (Wildman–Crippen LogP) is 2.83. The average molecular weight is 400 g/mol. The van der Waals surface area contributed by atoms with E-state index in [1.165, 1.54) is 20.1 Å². The number of amides is 1. The summed E-state index contributed by atoms with van der Waals surface area (Å²) in [6.07, 6.45) is 0.601. The van der Waals surface area contributed by atoms with Gasteiger partial charge < -0.3 is 23.8 Å². The van der Waals surface area contributed by atoms with Crippen molar-refractivity contribution in [1.29, 1.82) is 0 Å². The lowest BCUT2D eigenvalue weighted by Gasteiger charge is -2.37. The lowest BCUT2D eigenvalue weighted by atomic mass is 9.86. The summed E-state index contributed by atoms with van der Waals surface area (Å²) in [5.74, 6) is 1.62. The number of benzene rings is 2. The summed E-state index contributed by atoms with van der Waals surface area (Å²) in [6.45, 7) is 1.88. The normalized spacial score (nSPS) is 16.9. The molecule has 29 heavy (non-hydrogen) atoms. The van der Waals surface area contributed by atoms with Crippen LogP contribution in [0.4, 0.5) is 5.69 Å². The van der Waals surface area contributed by atoms with Crippen LogP contribution in [0.1, 0.15) is 29.7 Å². The Balaban J connectivity index is 1.96. The van der Waals surface area contributed by atoms with Gasteiger partial charge in [-0.05, 0) is 35.7 Å². The zero-order valence-electron chi connectivity index (χ0n) is 16.3. The molecule has 2 aromatic carbocycles. The van der Waals surface area contributed by atoms with Crippen molar-refractivity contribution in [2.75, 3.05) is 27.6 Å². The van der Waals surface area contributed by atoms with Gasteiger partial charge in [-0.3, -0.25) is 14.9 Å². The average Bonchev–Trinajstić information content (AvgIpc) is 3.18. The van der Waals surface area contributed by atoms with Gasteiger partial charge in [0, 0.05) is 13.5 Å². The van der Waals surface area contributed by atoms with E-state index in [1.54, 1.807) is 24.1 Å². The van der Waals surface area contributed by atoms with E-state index in [-0.39, 0.29) is 18.4 Å². The van der Waals surface area contributed by atoms with Crippen LogP contribution in [0.3, 0.4) is 0 Å². The summed E-state index contributed by atoms with van der Waals surface area (Å²) in [4.78, 5) is 25.4. The number of fused-ring (bicyclic) bond motifs is 2. The first-order valence-corrected chi connectivity index (χ1v) is 9.04. The molecular weight excluding hydrogens is 380 g/mol. The molecule has 0 spiro atoms. The fourth-order valence-corrected chi connectivity index (χ4v) is 3.94. The maximum Gasteiger partial charge on any atom is 0.279 e. The van der Waals surface area contributed by atoms with Gasteiger partial charge in [0.25, 0.3) is 5.69 Å². The third-order valence-electron chi connectivity index (χ3n) is 5.29. The van der Waals surface area contributed by atoms with Gasteiger partial charge in [0.05, 0.1) is 36.8 Å². The molecule has 1 unspecified atom stereocenters. The van der Waals surface area contributed by atoms with Crippen molar-refractivity contribution in [3.8, 4) is 23.0 Å². The predicted molar refractivity (Wildman–Crippen MR) is 102 cm³/mol. The first-order chi connectivity index (χ1) is 13.9. The lowest BCUT2D eigenvalue weighted by Crippen LogP contribution is -2.39. The van der Waals surface area contributed by atoms with Gasteiger partial charge in [-0.25, -0.2) is 0 Å². The van der Waals surface area contributed by atoms with Crippen molar-refractivity contribution >= 4 is 11.6 Å². The van der Waals surface area contributed by atoms with Crippen molar-refractivity contribution in [1.82, 2.24) is 4.90 Å². The summed E-state index contributed by atoms with van der Waals surface area (Å²) in [5, 5.41) is 11.8. The van der Waals surface area contributed by atoms with E-state index in [4.69, 9.17) is 18.9 Å². The Bertz CT molecular complexity index is 1000. The van der Waals surface area contributed by atoms with Crippen LogP contribution in [0.5, 0.6) is 23.0 Å². The number of nitrogens with zero attached hydrogens (tertiary/aromatic N) is 2. The second kappa shape index (κ2) is 7.16. The highest BCUT2D eigenvalue weighted by molar-refractivity contribution is 5.76. The minimum atomic E-state index is -0.661. The molecule has 2 heterocycles. The highest BCUT2D eigenvalue weighted by Crippen LogP contribution is 2.47. The van der Waals surface area contributed by atoms with Crippen LogP contribution < -0.4 is 18.9 Å². The topological polar surface area (TPSA) is 100 Å². The van der Waals surface area contributed by atoms with Gasteiger partial charge in [-0.2, -0.15) is 0 Å². The fourth-order valence-electron chi connectivity index (χ4n) is 3.94. The molecule has 9 heteroatoms. The standard InChI is InChI=1S/C20H20N2O7/c1-11(23)21-5-4-12-6-16(26-2)17(27-3)7-13(12)20(21)14-8-18-19(29-10-28-18)9-15(14)22(24)25/h6-9,20H,4-5,10H2,1-3H3. The highest BCUT2D eigenvalue weighted by atomic mass is 16.7. The molecule has 2 aliphatic heterocycles. The smallest absolute Gasteiger partial charge is 0.279 e. The van der Waals surface area contributed by atoms with E-state index < -0.39 is 11.0 Å². The van der Waals surface area contributed by atoms with E-state index in [0.29, 0.717) is 41.5 Å². The highest BCUT2D eigenvalue weighted by Gasteiger charge is 2.37. The molecule has 0 aliphatic carbocycles. The van der Waals surface area contributed by atoms with Crippen LogP contribution >= 0.6 is 0 Å². The largest absolute Gasteiger partial charge is 0.493 e. The molecule has 0 radical (unpaired) electrons. The van der Waals surface area contributed by atoms with Gasteiger partial charge in [0.2, 0.25) is 12.7 Å². The van der Waals surface area contributed by atoms with Crippen molar-refractivity contribution in [3.05, 3.63) is 51.1 Å². The summed E-state index contributed by atoms with van der Waals surface area (Å²) < 4.78 is 21.6. The molecule has 2 aliphatic rings. The summed E-state index contributed by atoms with van der Waals surface area (Å²) in [6, 6.07) is 5.92. The van der Waals surface area contributed by atoms with Crippen LogP contribution in [-0.2, 0) is 11.2 Å². The first-order valence-electron chi connectivity index (χ1n) is 9.04. The number of nitro benzene ring substituents is 1. The summed E-state index contributed by atoms with van der Waals surface area (Å²) in [7, 11) is 3.07. The van der Waals surface area contributed by atoms with Gasteiger partial charge in [0.1, 0.15) is 0 Å². The van der Waals surface area contributed by atoms with Crippen LogP contribution in [0.2, 0.25) is 0 Å². The Hall–Kier alpha value is -3.49. The third kappa shape index (κ3) is 3.08. The second-order valence-corrected chi connectivity index (χ2v) is 6.79. The van der Waals surface area contributed by atoms with Crippen LogP contribution in [-0.4, -0.2) is 43.3 Å². The van der Waals surface area contributed by atoms with E-state index in [9.17, 15) is 14.9 Å². The maximum atomic E-state index is 12.4. The van der Waals surface area contributed by atoms with Gasteiger partial charge in [-0.1, -0.05) is 0 Å². The zero-order chi connectivity index (χ0) is 20.7. The number of carbonyl (C=O) groups is 1. The molecule has 0 saturated heterocycles. The van der Waals surface area contributed by atoms with Crippen LogP contribution in [0.15, 0.2) is 24.3 Å². The first kappa shape index (κ1) is 18.9. The second-order valence-electron chi connectivity index (χ2n) is 6.79. The zero-order valence-corrected chi connectivity index (χ0v) is 16.3. The molecule has 9 nitrogen and oxygen atoms in total. The van der Waals surface area contributed by atoms with Crippen molar-refractivity contribution < 1.29 is 28.7 Å². The Labute approximate surface area is 166 Å². The van der Waals surface area contributed by atoms with Crippen LogP contribution in [0.25, 0.3) is 0 Å². The minimum Gasteiger partial charge on any atom is -0.493 e. The molecule has 152 valence electrons. The monoisotopic (exact) mass is 400 g/mol. The number of carbonyl (C=O) groups excluding carboxylic acids is 1. The Kier molecular flexibility index (Phi) is 4.65. The number of ether oxygens (including phenoxy) is 4. The van der Waals surface area contributed by atoms with Gasteiger partial charge in [-0.15, -0.1) is 0 Å². The molecule has 1 amide bonds. The SMILES string of the molecule is COc1cc2c(cc1OC)C(c1cc3c(cc1[N+](=O)[O-])OCO3)N(C(C)=O)CC2. The Morgan fingerprint density at radius 1 is 1.10 bits per heavy atom. The fraction of sp³-hybridized carbons (Fsp3) is 0.350. The van der Waals surface area contributed by atoms with E-state index in [2.05, 4.69) is 0 Å². The summed E-state index contributed by atoms with van der Waals surface area (Å²) in [5.41, 5.74) is 1.93. The third-order valence-corrected chi connectivity index (χ3v) is 5.29. The molecule has 1 atom stereocenters. The van der Waals surface area contributed by atoms with Crippen LogP contribution in [0, 0.1) is 10.1 Å². The van der Waals surface area contributed by atoms with E-state index >= 15 is 0 Å². The lowest BCUT2D eigenvalue weighted by molar-refractivity contribution is -0.385. The van der Waals surface area contributed by atoms with E-state index in [1.807, 2.05) is 6.07 Å². The van der Waals surface area contributed by atoms with Crippen molar-refractivity contribution in [3.63, 3.8) is 0 Å². The molecule has 0 saturated carbocycles. The molecule has 2 aromatic rings. The maximum absolute atomic E-state index is 12.4. The molecule has 4 rings (SSSR count). The van der Waals surface area contributed by atoms with Gasteiger partial charge in [0.15, 0.2) is 23.0 Å². The number of rotatable bonds is 4. The van der Waals surface area contributed by atoms with Gasteiger partial charge >= 0.3 is 0 Å². The number of methoxy groups -OCH3 is 2. The summed E-state index contributed by atoms with van der Waals surface area (Å²) >= 11 is 0. The number of hydrogen-bond acceptors (Lipinski definition) is 7. The minimum absolute atomic E-state index is 0.00135. The quantitative estimate of drug-likeness (QED) is 0.575. The number of hydrogen-bond donors (Lipinski definition) is 0. The van der Waals surface area contributed by atoms with E-state index in [0.717, 1.165) is 11.1 Å². The number of nitro groups is 1. The molecular formula is C20H20N2O7. The molecule has 0 N–H and O–H groups in total. The molecule has 0 bridgehead atoms. The van der Waals surface area contributed by atoms with Crippen molar-refractivity contribution in [2.45, 2.75) is 19.4 Å². The molecule has 0 fully saturated rings. The Morgan fingerprint density at radius 3 is 2.38 bits per heavy atom. The van der Waals surface area contributed by atoms with Crippen molar-refractivity contribution in [2.24, 2.45) is 0 Å². The molecule has 0 aromatic heterocycles. The Morgan fingerprint density at radius 2 is 1.76 bits per heavy atom.